The first-order chi connectivity index (χ1) is 11.2. The van der Waals surface area contributed by atoms with Gasteiger partial charge in [-0.25, -0.2) is 9.59 Å². The molecule has 25 heavy (non-hydrogen) atoms. The van der Waals surface area contributed by atoms with Crippen LogP contribution in [0.15, 0.2) is 0 Å². The lowest BCUT2D eigenvalue weighted by Gasteiger charge is -2.37. The maximum absolute atomic E-state index is 13.0. The minimum atomic E-state index is -0.745. The number of esters is 1. The zero-order chi connectivity index (χ0) is 20.1. The molecule has 0 aromatic carbocycles. The van der Waals surface area contributed by atoms with Crippen molar-refractivity contribution in [3.05, 3.63) is 0 Å². The lowest BCUT2D eigenvalue weighted by Crippen LogP contribution is -2.56. The van der Waals surface area contributed by atoms with Crippen LogP contribution in [0.4, 0.5) is 4.79 Å². The summed E-state index contributed by atoms with van der Waals surface area (Å²) >= 11 is 0. The van der Waals surface area contributed by atoms with E-state index in [0.29, 0.717) is 0 Å². The van der Waals surface area contributed by atoms with Crippen molar-refractivity contribution < 1.29 is 23.9 Å². The Kier molecular flexibility index (Phi) is 8.41. The summed E-state index contributed by atoms with van der Waals surface area (Å²) in [6.45, 7) is 12.7. The topological polar surface area (TPSA) is 76.2 Å². The van der Waals surface area contributed by atoms with Gasteiger partial charge < -0.3 is 14.4 Å². The minimum Gasteiger partial charge on any atom is -0.467 e. The van der Waals surface area contributed by atoms with E-state index < -0.39 is 29.7 Å². The molecule has 0 saturated heterocycles. The molecule has 0 N–H and O–H groups in total. The molecule has 0 spiro atoms. The maximum Gasteiger partial charge on any atom is 0.410 e. The zero-order valence-corrected chi connectivity index (χ0v) is 17.2. The number of likely N-dealkylation sites (N-methyl/N-ethyl adjacent to an activating group) is 2. The van der Waals surface area contributed by atoms with Crippen molar-refractivity contribution >= 4 is 18.0 Å². The normalized spacial score (nSPS) is 14.1. The summed E-state index contributed by atoms with van der Waals surface area (Å²) in [5.74, 6) is -1.08. The molecule has 7 nitrogen and oxygen atoms in total. The Hall–Kier alpha value is -1.79. The molecular weight excluding hydrogens is 324 g/mol. The molecule has 7 heteroatoms. The monoisotopic (exact) mass is 358 g/mol. The summed E-state index contributed by atoms with van der Waals surface area (Å²) in [4.78, 5) is 40.1. The Labute approximate surface area is 151 Å². The van der Waals surface area contributed by atoms with E-state index in [-0.39, 0.29) is 17.7 Å². The fourth-order valence-electron chi connectivity index (χ4n) is 2.69. The van der Waals surface area contributed by atoms with Crippen molar-refractivity contribution in [3.8, 4) is 0 Å². The molecule has 0 saturated carbocycles. The zero-order valence-electron chi connectivity index (χ0n) is 17.2. The van der Waals surface area contributed by atoms with Crippen molar-refractivity contribution in [2.24, 2.45) is 11.8 Å². The highest BCUT2D eigenvalue weighted by Gasteiger charge is 2.39. The number of methoxy groups -OCH3 is 1. The summed E-state index contributed by atoms with van der Waals surface area (Å²) in [6, 6.07) is -1.46. The van der Waals surface area contributed by atoms with Crippen LogP contribution in [0.1, 0.15) is 48.5 Å². The number of hydrogen-bond acceptors (Lipinski definition) is 5. The van der Waals surface area contributed by atoms with Gasteiger partial charge in [-0.2, -0.15) is 0 Å². The minimum absolute atomic E-state index is 0.124. The first-order valence-electron chi connectivity index (χ1n) is 8.54. The maximum atomic E-state index is 13.0. The van der Waals surface area contributed by atoms with Crippen molar-refractivity contribution in [2.45, 2.75) is 66.2 Å². The Balaban J connectivity index is 5.54. The molecule has 2 atom stereocenters. The summed E-state index contributed by atoms with van der Waals surface area (Å²) in [5, 5.41) is 0. The van der Waals surface area contributed by atoms with Gasteiger partial charge in [0.15, 0.2) is 0 Å². The third-order valence-electron chi connectivity index (χ3n) is 3.82. The summed E-state index contributed by atoms with van der Waals surface area (Å²) in [5.41, 5.74) is -0.658. The predicted octanol–water partition coefficient (Wildman–Crippen LogP) is 2.53. The highest BCUT2D eigenvalue weighted by Crippen LogP contribution is 2.20. The number of ether oxygens (including phenoxy) is 2. The third kappa shape index (κ3) is 6.55. The van der Waals surface area contributed by atoms with Gasteiger partial charge in [-0.1, -0.05) is 27.7 Å². The second-order valence-electron chi connectivity index (χ2n) is 7.94. The Morgan fingerprint density at radius 1 is 0.840 bits per heavy atom. The largest absolute Gasteiger partial charge is 0.467 e. The van der Waals surface area contributed by atoms with E-state index in [1.165, 1.54) is 24.0 Å². The van der Waals surface area contributed by atoms with Crippen LogP contribution in [0.25, 0.3) is 0 Å². The van der Waals surface area contributed by atoms with Crippen LogP contribution in [0, 0.1) is 11.8 Å². The molecule has 0 bridgehead atoms. The first-order valence-corrected chi connectivity index (χ1v) is 8.54. The van der Waals surface area contributed by atoms with Gasteiger partial charge >= 0.3 is 12.1 Å². The molecule has 0 heterocycles. The standard InChI is InChI=1S/C18H34N2O5/c1-11(2)13(20(9)17(23)25-18(5,6)7)15(21)19(8)14(12(3)4)16(22)24-10/h11-14H,1-10H3/t13-,14-/m0/s1. The number of rotatable bonds is 6. The average molecular weight is 358 g/mol. The van der Waals surface area contributed by atoms with E-state index in [4.69, 9.17) is 9.47 Å². The second kappa shape index (κ2) is 9.06. The molecule has 2 amide bonds. The molecule has 0 radical (unpaired) electrons. The SMILES string of the molecule is COC(=O)[C@H](C(C)C)N(C)C(=O)[C@H](C(C)C)N(C)C(=O)OC(C)(C)C. The van der Waals surface area contributed by atoms with Gasteiger partial charge in [0, 0.05) is 14.1 Å². The lowest BCUT2D eigenvalue weighted by atomic mass is 9.98. The van der Waals surface area contributed by atoms with E-state index in [2.05, 4.69) is 0 Å². The van der Waals surface area contributed by atoms with E-state index >= 15 is 0 Å². The Morgan fingerprint density at radius 3 is 1.60 bits per heavy atom. The molecule has 0 fully saturated rings. The second-order valence-corrected chi connectivity index (χ2v) is 7.94. The van der Waals surface area contributed by atoms with E-state index in [1.807, 2.05) is 27.7 Å². The highest BCUT2D eigenvalue weighted by atomic mass is 16.6. The number of amides is 2. The van der Waals surface area contributed by atoms with Crippen LogP contribution >= 0.6 is 0 Å². The van der Waals surface area contributed by atoms with E-state index in [9.17, 15) is 14.4 Å². The molecular formula is C18H34N2O5. The molecule has 0 rings (SSSR count). The highest BCUT2D eigenvalue weighted by molar-refractivity contribution is 5.89. The van der Waals surface area contributed by atoms with E-state index in [1.54, 1.807) is 27.8 Å². The first kappa shape index (κ1) is 23.2. The third-order valence-corrected chi connectivity index (χ3v) is 3.82. The van der Waals surface area contributed by atoms with Crippen LogP contribution in [0.5, 0.6) is 0 Å². The number of hydrogen-bond donors (Lipinski definition) is 0. The van der Waals surface area contributed by atoms with Crippen molar-refractivity contribution in [1.82, 2.24) is 9.80 Å². The molecule has 0 aliphatic heterocycles. The molecule has 0 aromatic heterocycles. The quantitative estimate of drug-likeness (QED) is 0.682. The van der Waals surface area contributed by atoms with Gasteiger partial charge in [0.25, 0.3) is 0 Å². The fraction of sp³-hybridized carbons (Fsp3) is 0.833. The van der Waals surface area contributed by atoms with E-state index in [0.717, 1.165) is 0 Å². The van der Waals surface area contributed by atoms with Crippen LogP contribution in [-0.4, -0.2) is 66.7 Å². The lowest BCUT2D eigenvalue weighted by molar-refractivity contribution is -0.156. The average Bonchev–Trinajstić information content (AvgIpc) is 2.44. The van der Waals surface area contributed by atoms with Gasteiger partial charge in [0.2, 0.25) is 5.91 Å². The number of carbonyl (C=O) groups excluding carboxylic acids is 3. The van der Waals surface area contributed by atoms with Crippen LogP contribution in [-0.2, 0) is 19.1 Å². The molecule has 0 aliphatic rings. The van der Waals surface area contributed by atoms with Gasteiger partial charge in [0.1, 0.15) is 17.7 Å². The Bertz CT molecular complexity index is 482. The molecule has 0 unspecified atom stereocenters. The van der Waals surface area contributed by atoms with Crippen LogP contribution < -0.4 is 0 Å². The van der Waals surface area contributed by atoms with Crippen molar-refractivity contribution in [3.63, 3.8) is 0 Å². The molecule has 146 valence electrons. The van der Waals surface area contributed by atoms with Gasteiger partial charge in [-0.15, -0.1) is 0 Å². The summed E-state index contributed by atoms with van der Waals surface area (Å²) in [7, 11) is 4.39. The fourth-order valence-corrected chi connectivity index (χ4v) is 2.69. The Morgan fingerprint density at radius 2 is 1.28 bits per heavy atom. The summed E-state index contributed by atoms with van der Waals surface area (Å²) in [6.07, 6.45) is -0.577. The molecule has 0 aromatic rings. The predicted molar refractivity (Wildman–Crippen MR) is 96.0 cm³/mol. The van der Waals surface area contributed by atoms with Crippen LogP contribution in [0.3, 0.4) is 0 Å². The van der Waals surface area contributed by atoms with Crippen LogP contribution in [0.2, 0.25) is 0 Å². The van der Waals surface area contributed by atoms with Crippen molar-refractivity contribution in [1.29, 1.82) is 0 Å². The van der Waals surface area contributed by atoms with Crippen molar-refractivity contribution in [2.75, 3.05) is 21.2 Å². The smallest absolute Gasteiger partial charge is 0.410 e. The number of nitrogens with zero attached hydrogens (tertiary/aromatic N) is 2. The van der Waals surface area contributed by atoms with Gasteiger partial charge in [-0.3, -0.25) is 9.69 Å². The van der Waals surface area contributed by atoms with Gasteiger partial charge in [0.05, 0.1) is 7.11 Å². The summed E-state index contributed by atoms with van der Waals surface area (Å²) < 4.78 is 10.2. The number of carbonyl (C=O) groups is 3. The molecule has 0 aliphatic carbocycles. The van der Waals surface area contributed by atoms with Gasteiger partial charge in [-0.05, 0) is 32.6 Å².